The van der Waals surface area contributed by atoms with E-state index < -0.39 is 21.8 Å². The van der Waals surface area contributed by atoms with Crippen molar-refractivity contribution in [1.82, 2.24) is 10.6 Å². The lowest BCUT2D eigenvalue weighted by molar-refractivity contribution is -0.139. The number of benzene rings is 1. The predicted octanol–water partition coefficient (Wildman–Crippen LogP) is -1.24. The van der Waals surface area contributed by atoms with Crippen LogP contribution >= 0.6 is 0 Å². The van der Waals surface area contributed by atoms with Crippen molar-refractivity contribution in [2.75, 3.05) is 26.8 Å². The van der Waals surface area contributed by atoms with Gasteiger partial charge in [0.05, 0.1) is 11.5 Å². The average Bonchev–Trinajstić information content (AvgIpc) is 2.47. The van der Waals surface area contributed by atoms with Crippen LogP contribution in [0.3, 0.4) is 0 Å². The third-order valence-corrected chi connectivity index (χ3v) is 3.68. The maximum absolute atomic E-state index is 11.5. The summed E-state index contributed by atoms with van der Waals surface area (Å²) in [6.45, 7) is 0.846. The first kappa shape index (κ1) is 18.1. The lowest BCUT2D eigenvalue weighted by Gasteiger charge is -2.06. The Kier molecular flexibility index (Phi) is 6.96. The fraction of sp³-hybridized carbons (Fsp3) is 0.385. The van der Waals surface area contributed by atoms with Crippen LogP contribution in [0.25, 0.3) is 0 Å². The molecule has 1 aromatic carbocycles. The molecule has 0 saturated heterocycles. The molecule has 0 spiro atoms. The van der Waals surface area contributed by atoms with Crippen molar-refractivity contribution in [2.24, 2.45) is 5.14 Å². The lowest BCUT2D eigenvalue weighted by atomic mass is 10.1. The molecule has 0 aromatic heterocycles. The molecular formula is C13H19N3O5S. The summed E-state index contributed by atoms with van der Waals surface area (Å²) < 4.78 is 26.9. The highest BCUT2D eigenvalue weighted by Crippen LogP contribution is 2.08. The Morgan fingerprint density at radius 3 is 2.14 bits per heavy atom. The molecule has 4 N–H and O–H groups in total. The predicted molar refractivity (Wildman–Crippen MR) is 79.4 cm³/mol. The number of nitrogens with one attached hydrogen (secondary N) is 2. The maximum atomic E-state index is 11.5. The molecule has 1 rings (SSSR count). The molecule has 1 aromatic rings. The highest BCUT2D eigenvalue weighted by Gasteiger charge is 2.12. The fourth-order valence-electron chi connectivity index (χ4n) is 1.59. The summed E-state index contributed by atoms with van der Waals surface area (Å²) >= 11 is 0. The van der Waals surface area contributed by atoms with Crippen LogP contribution in [0.2, 0.25) is 0 Å². The van der Waals surface area contributed by atoms with Crippen LogP contribution in [0, 0.1) is 0 Å². The van der Waals surface area contributed by atoms with Gasteiger partial charge in [0.25, 0.3) is 0 Å². The second-order valence-electron chi connectivity index (χ2n) is 4.44. The van der Waals surface area contributed by atoms with Crippen molar-refractivity contribution in [1.29, 1.82) is 0 Å². The number of carbonyl (C=O) groups is 2. The first-order valence-corrected chi connectivity index (χ1v) is 8.06. The van der Waals surface area contributed by atoms with Crippen molar-refractivity contribution in [3.05, 3.63) is 29.8 Å². The highest BCUT2D eigenvalue weighted by molar-refractivity contribution is 7.89. The van der Waals surface area contributed by atoms with Crippen LogP contribution < -0.4 is 15.8 Å². The molecule has 122 valence electrons. The topological polar surface area (TPSA) is 128 Å². The van der Waals surface area contributed by atoms with Gasteiger partial charge in [-0.05, 0) is 24.1 Å². The van der Waals surface area contributed by atoms with Crippen LogP contribution in [0.5, 0.6) is 0 Å². The Bertz CT molecular complexity index is 613. The molecule has 0 aliphatic carbocycles. The molecule has 0 saturated carbocycles. The summed E-state index contributed by atoms with van der Waals surface area (Å²) in [5, 5.41) is 9.86. The maximum Gasteiger partial charge on any atom is 0.309 e. The molecule has 22 heavy (non-hydrogen) atoms. The number of methoxy groups -OCH3 is 1. The van der Waals surface area contributed by atoms with Gasteiger partial charge in [0, 0.05) is 20.2 Å². The van der Waals surface area contributed by atoms with Crippen LogP contribution in [0.4, 0.5) is 0 Å². The van der Waals surface area contributed by atoms with E-state index in [4.69, 9.17) is 9.88 Å². The number of amides is 2. The Morgan fingerprint density at radius 2 is 1.64 bits per heavy atom. The molecule has 0 aliphatic heterocycles. The average molecular weight is 329 g/mol. The van der Waals surface area contributed by atoms with Gasteiger partial charge in [0.1, 0.15) is 0 Å². The molecule has 8 nitrogen and oxygen atoms in total. The normalized spacial score (nSPS) is 11.0. The monoisotopic (exact) mass is 329 g/mol. The summed E-state index contributed by atoms with van der Waals surface area (Å²) in [5.41, 5.74) is 0.812. The number of primary sulfonamides is 1. The molecule has 2 amide bonds. The Morgan fingerprint density at radius 1 is 1.09 bits per heavy atom. The second kappa shape index (κ2) is 8.47. The van der Waals surface area contributed by atoms with E-state index in [0.29, 0.717) is 13.0 Å². The second-order valence-corrected chi connectivity index (χ2v) is 6.00. The molecule has 0 aliphatic rings. The van der Waals surface area contributed by atoms with E-state index in [2.05, 4.69) is 10.6 Å². The van der Waals surface area contributed by atoms with E-state index in [-0.39, 0.29) is 18.0 Å². The van der Waals surface area contributed by atoms with E-state index in [0.717, 1.165) is 5.56 Å². The van der Waals surface area contributed by atoms with Gasteiger partial charge in [-0.2, -0.15) is 0 Å². The number of hydrogen-bond acceptors (Lipinski definition) is 5. The molecule has 0 fully saturated rings. The zero-order valence-corrected chi connectivity index (χ0v) is 13.0. The molecule has 0 radical (unpaired) electrons. The van der Waals surface area contributed by atoms with Crippen LogP contribution in [0.1, 0.15) is 5.56 Å². The molecule has 0 unspecified atom stereocenters. The number of ether oxygens (including phenoxy) is 1. The quantitative estimate of drug-likeness (QED) is 0.426. The summed E-state index contributed by atoms with van der Waals surface area (Å²) in [4.78, 5) is 22.8. The Balaban J connectivity index is 2.38. The van der Waals surface area contributed by atoms with E-state index in [1.54, 1.807) is 12.1 Å². The first-order valence-electron chi connectivity index (χ1n) is 6.51. The first-order chi connectivity index (χ1) is 10.3. The number of sulfonamides is 1. The number of carbonyl (C=O) groups excluding carboxylic acids is 2. The molecular weight excluding hydrogens is 310 g/mol. The Hall–Kier alpha value is -1.97. The van der Waals surface area contributed by atoms with E-state index in [9.17, 15) is 18.0 Å². The lowest BCUT2D eigenvalue weighted by Crippen LogP contribution is -2.41. The van der Waals surface area contributed by atoms with Gasteiger partial charge in [0.15, 0.2) is 0 Å². The van der Waals surface area contributed by atoms with E-state index in [1.165, 1.54) is 19.2 Å². The van der Waals surface area contributed by atoms with Crippen molar-refractivity contribution in [2.45, 2.75) is 11.3 Å². The van der Waals surface area contributed by atoms with Gasteiger partial charge in [-0.3, -0.25) is 9.59 Å². The summed E-state index contributed by atoms with van der Waals surface area (Å²) in [5.74, 6) is -1.45. The third-order valence-electron chi connectivity index (χ3n) is 2.75. The standard InChI is InChI=1S/C13H19N3O5S/c1-21-9-8-16-13(18)12(17)15-7-6-10-2-4-11(5-3-10)22(14,19)20/h2-5H,6-9H2,1H3,(H,15,17)(H,16,18)(H2,14,19,20). The minimum atomic E-state index is -3.71. The molecule has 0 bridgehead atoms. The third kappa shape index (κ3) is 6.20. The minimum absolute atomic E-state index is 0.0257. The van der Waals surface area contributed by atoms with Crippen LogP contribution in [-0.2, 0) is 30.8 Å². The van der Waals surface area contributed by atoms with Gasteiger partial charge in [-0.25, -0.2) is 13.6 Å². The van der Waals surface area contributed by atoms with Crippen molar-refractivity contribution in [3.63, 3.8) is 0 Å². The Labute approximate surface area is 129 Å². The molecule has 0 heterocycles. The minimum Gasteiger partial charge on any atom is -0.383 e. The highest BCUT2D eigenvalue weighted by atomic mass is 32.2. The van der Waals surface area contributed by atoms with Gasteiger partial charge in [-0.15, -0.1) is 0 Å². The fourth-order valence-corrected chi connectivity index (χ4v) is 2.11. The number of rotatable bonds is 7. The van der Waals surface area contributed by atoms with Crippen molar-refractivity contribution in [3.8, 4) is 0 Å². The van der Waals surface area contributed by atoms with Crippen LogP contribution in [0.15, 0.2) is 29.2 Å². The van der Waals surface area contributed by atoms with Gasteiger partial charge < -0.3 is 15.4 Å². The number of nitrogens with two attached hydrogens (primary N) is 1. The number of hydrogen-bond donors (Lipinski definition) is 3. The van der Waals surface area contributed by atoms with Gasteiger partial charge >= 0.3 is 11.8 Å². The van der Waals surface area contributed by atoms with Crippen molar-refractivity contribution < 1.29 is 22.7 Å². The summed E-state index contributed by atoms with van der Waals surface area (Å²) in [6, 6.07) is 5.99. The summed E-state index contributed by atoms with van der Waals surface area (Å²) in [7, 11) is -2.22. The smallest absolute Gasteiger partial charge is 0.309 e. The van der Waals surface area contributed by atoms with E-state index >= 15 is 0 Å². The van der Waals surface area contributed by atoms with Crippen LogP contribution in [-0.4, -0.2) is 47.0 Å². The zero-order valence-electron chi connectivity index (χ0n) is 12.2. The zero-order chi connectivity index (χ0) is 16.6. The van der Waals surface area contributed by atoms with Gasteiger partial charge in [0.2, 0.25) is 10.0 Å². The van der Waals surface area contributed by atoms with E-state index in [1.807, 2.05) is 0 Å². The van der Waals surface area contributed by atoms with Crippen molar-refractivity contribution >= 4 is 21.8 Å². The SMILES string of the molecule is COCCNC(=O)C(=O)NCCc1ccc(S(N)(=O)=O)cc1. The molecule has 9 heteroatoms. The summed E-state index contributed by atoms with van der Waals surface area (Å²) in [6.07, 6.45) is 0.460. The van der Waals surface area contributed by atoms with Gasteiger partial charge in [-0.1, -0.05) is 12.1 Å². The molecule has 0 atom stereocenters. The largest absolute Gasteiger partial charge is 0.383 e.